The molecule has 0 atom stereocenters. The largest absolute Gasteiger partial charge is 0.356 e. The number of aromatic nitrogens is 5. The van der Waals surface area contributed by atoms with Crippen LogP contribution >= 0.6 is 0 Å². The van der Waals surface area contributed by atoms with Gasteiger partial charge >= 0.3 is 0 Å². The van der Waals surface area contributed by atoms with Crippen LogP contribution in [0.5, 0.6) is 0 Å². The highest BCUT2D eigenvalue weighted by molar-refractivity contribution is 5.56. The minimum Gasteiger partial charge on any atom is -0.356 e. The van der Waals surface area contributed by atoms with Crippen LogP contribution in [0.15, 0.2) is 43.0 Å². The van der Waals surface area contributed by atoms with Crippen LogP contribution < -0.4 is 4.90 Å². The van der Waals surface area contributed by atoms with E-state index in [1.807, 2.05) is 36.1 Å². The summed E-state index contributed by atoms with van der Waals surface area (Å²) in [7, 11) is 0. The summed E-state index contributed by atoms with van der Waals surface area (Å²) >= 11 is 0. The lowest BCUT2D eigenvalue weighted by atomic mass is 9.91. The van der Waals surface area contributed by atoms with E-state index in [4.69, 9.17) is 4.98 Å². The Morgan fingerprint density at radius 3 is 2.69 bits per heavy atom. The second-order valence-corrected chi connectivity index (χ2v) is 6.82. The third-order valence-electron chi connectivity index (χ3n) is 5.03. The Balaban J connectivity index is 1.50. The Hall–Kier alpha value is -2.76. The van der Waals surface area contributed by atoms with E-state index in [9.17, 15) is 0 Å². The SMILES string of the molecule is CCn1cc(C2CCN(c3cc(C)nc(-c4cccnc4)n3)CC2)cn1. The minimum atomic E-state index is 0.590. The Morgan fingerprint density at radius 2 is 2.00 bits per heavy atom. The first kappa shape index (κ1) is 16.7. The van der Waals surface area contributed by atoms with Crippen LogP contribution in [0.4, 0.5) is 5.82 Å². The first-order chi connectivity index (χ1) is 12.7. The summed E-state index contributed by atoms with van der Waals surface area (Å²) in [5, 5.41) is 4.42. The van der Waals surface area contributed by atoms with Gasteiger partial charge in [0.15, 0.2) is 5.82 Å². The smallest absolute Gasteiger partial charge is 0.163 e. The summed E-state index contributed by atoms with van der Waals surface area (Å²) in [6.45, 7) is 7.08. The van der Waals surface area contributed by atoms with Crippen molar-refractivity contribution in [3.63, 3.8) is 0 Å². The van der Waals surface area contributed by atoms with E-state index < -0.39 is 0 Å². The van der Waals surface area contributed by atoms with E-state index in [0.29, 0.717) is 5.92 Å². The molecule has 0 amide bonds. The minimum absolute atomic E-state index is 0.590. The predicted molar refractivity (Wildman–Crippen MR) is 102 cm³/mol. The lowest BCUT2D eigenvalue weighted by Gasteiger charge is -2.32. The quantitative estimate of drug-likeness (QED) is 0.723. The van der Waals surface area contributed by atoms with Crippen LogP contribution in [0.25, 0.3) is 11.4 Å². The van der Waals surface area contributed by atoms with Crippen molar-refractivity contribution in [3.05, 3.63) is 54.2 Å². The Bertz CT molecular complexity index is 865. The highest BCUT2D eigenvalue weighted by Gasteiger charge is 2.23. The maximum atomic E-state index is 4.80. The van der Waals surface area contributed by atoms with E-state index in [1.165, 1.54) is 5.56 Å². The van der Waals surface area contributed by atoms with Crippen molar-refractivity contribution in [2.75, 3.05) is 18.0 Å². The summed E-state index contributed by atoms with van der Waals surface area (Å²) < 4.78 is 2.01. The van der Waals surface area contributed by atoms with Crippen molar-refractivity contribution in [2.24, 2.45) is 0 Å². The molecule has 26 heavy (non-hydrogen) atoms. The third kappa shape index (κ3) is 3.45. The van der Waals surface area contributed by atoms with E-state index in [-0.39, 0.29) is 0 Å². The van der Waals surface area contributed by atoms with Gasteiger partial charge in [-0.05, 0) is 50.3 Å². The van der Waals surface area contributed by atoms with Crippen LogP contribution in [0.2, 0.25) is 0 Å². The molecule has 3 aromatic heterocycles. The van der Waals surface area contributed by atoms with Gasteiger partial charge in [-0.15, -0.1) is 0 Å². The van der Waals surface area contributed by atoms with Crippen LogP contribution in [0.1, 0.15) is 36.9 Å². The molecule has 0 spiro atoms. The third-order valence-corrected chi connectivity index (χ3v) is 5.03. The average molecular weight is 348 g/mol. The van der Waals surface area contributed by atoms with Crippen LogP contribution in [0, 0.1) is 6.92 Å². The number of hydrogen-bond donors (Lipinski definition) is 0. The molecule has 0 bridgehead atoms. The molecule has 4 heterocycles. The van der Waals surface area contributed by atoms with Gasteiger partial charge in [-0.25, -0.2) is 9.97 Å². The first-order valence-electron chi connectivity index (χ1n) is 9.26. The summed E-state index contributed by atoms with van der Waals surface area (Å²) in [5.74, 6) is 2.35. The van der Waals surface area contributed by atoms with Gasteiger partial charge in [0.25, 0.3) is 0 Å². The van der Waals surface area contributed by atoms with Gasteiger partial charge in [-0.3, -0.25) is 9.67 Å². The molecule has 0 radical (unpaired) electrons. The number of anilines is 1. The fourth-order valence-electron chi connectivity index (χ4n) is 3.54. The topological polar surface area (TPSA) is 59.7 Å². The van der Waals surface area contributed by atoms with Gasteiger partial charge in [0.05, 0.1) is 6.20 Å². The molecule has 4 rings (SSSR count). The van der Waals surface area contributed by atoms with Gasteiger partial charge < -0.3 is 4.90 Å². The van der Waals surface area contributed by atoms with Gasteiger partial charge in [-0.2, -0.15) is 5.10 Å². The molecule has 1 fully saturated rings. The first-order valence-corrected chi connectivity index (χ1v) is 9.26. The molecule has 0 N–H and O–H groups in total. The number of hydrogen-bond acceptors (Lipinski definition) is 5. The number of rotatable bonds is 4. The van der Waals surface area contributed by atoms with Crippen LogP contribution in [-0.2, 0) is 6.54 Å². The van der Waals surface area contributed by atoms with Crippen molar-refractivity contribution in [1.82, 2.24) is 24.7 Å². The average Bonchev–Trinajstić information content (AvgIpc) is 3.18. The highest BCUT2D eigenvalue weighted by atomic mass is 15.3. The van der Waals surface area contributed by atoms with Crippen LogP contribution in [-0.4, -0.2) is 37.8 Å². The van der Waals surface area contributed by atoms with Crippen molar-refractivity contribution in [1.29, 1.82) is 0 Å². The Morgan fingerprint density at radius 1 is 1.15 bits per heavy atom. The second-order valence-electron chi connectivity index (χ2n) is 6.82. The van der Waals surface area contributed by atoms with E-state index in [1.54, 1.807) is 6.20 Å². The highest BCUT2D eigenvalue weighted by Crippen LogP contribution is 2.30. The lowest BCUT2D eigenvalue weighted by Crippen LogP contribution is -2.33. The number of pyridine rings is 1. The van der Waals surface area contributed by atoms with Gasteiger partial charge in [0, 0.05) is 55.5 Å². The van der Waals surface area contributed by atoms with Crippen LogP contribution in [0.3, 0.4) is 0 Å². The maximum Gasteiger partial charge on any atom is 0.163 e. The molecule has 0 saturated carbocycles. The molecule has 1 aliphatic heterocycles. The van der Waals surface area contributed by atoms with E-state index in [0.717, 1.165) is 55.4 Å². The molecule has 1 aliphatic rings. The van der Waals surface area contributed by atoms with Gasteiger partial charge in [0.2, 0.25) is 0 Å². The summed E-state index contributed by atoms with van der Waals surface area (Å²) in [6, 6.07) is 6.00. The van der Waals surface area contributed by atoms with Gasteiger partial charge in [-0.1, -0.05) is 0 Å². The molecule has 6 heteroatoms. The lowest BCUT2D eigenvalue weighted by molar-refractivity contribution is 0.502. The fourth-order valence-corrected chi connectivity index (χ4v) is 3.54. The van der Waals surface area contributed by atoms with Crippen molar-refractivity contribution in [3.8, 4) is 11.4 Å². The Labute approximate surface area is 153 Å². The molecule has 0 aromatic carbocycles. The Kier molecular flexibility index (Phi) is 4.65. The van der Waals surface area contributed by atoms with Gasteiger partial charge in [0.1, 0.15) is 5.82 Å². The molecule has 134 valence electrons. The number of aryl methyl sites for hydroxylation is 2. The summed E-state index contributed by atoms with van der Waals surface area (Å²) in [6.07, 6.45) is 10.1. The van der Waals surface area contributed by atoms with E-state index in [2.05, 4.69) is 39.2 Å². The molecule has 0 aliphatic carbocycles. The molecule has 0 unspecified atom stereocenters. The zero-order chi connectivity index (χ0) is 17.9. The standard InChI is InChI=1S/C20H24N6/c1-3-26-14-18(13-22-26)16-6-9-25(10-7-16)19-11-15(2)23-20(24-19)17-5-4-8-21-12-17/h4-5,8,11-14,16H,3,6-7,9-10H2,1-2H3. The zero-order valence-electron chi connectivity index (χ0n) is 15.3. The zero-order valence-corrected chi connectivity index (χ0v) is 15.3. The maximum absolute atomic E-state index is 4.80. The second kappa shape index (κ2) is 7.23. The molecule has 1 saturated heterocycles. The van der Waals surface area contributed by atoms with E-state index >= 15 is 0 Å². The molecular weight excluding hydrogens is 324 g/mol. The van der Waals surface area contributed by atoms with Crippen molar-refractivity contribution in [2.45, 2.75) is 39.2 Å². The molecular formula is C20H24N6. The number of piperidine rings is 1. The monoisotopic (exact) mass is 348 g/mol. The van der Waals surface area contributed by atoms with Crippen molar-refractivity contribution >= 4 is 5.82 Å². The number of nitrogens with zero attached hydrogens (tertiary/aromatic N) is 6. The molecule has 3 aromatic rings. The predicted octanol–water partition coefficient (Wildman–Crippen LogP) is 3.45. The summed E-state index contributed by atoms with van der Waals surface area (Å²) in [5.41, 5.74) is 3.31. The fraction of sp³-hybridized carbons (Fsp3) is 0.400. The molecule has 6 nitrogen and oxygen atoms in total. The van der Waals surface area contributed by atoms with Crippen molar-refractivity contribution < 1.29 is 0 Å². The normalized spacial score (nSPS) is 15.4. The summed E-state index contributed by atoms with van der Waals surface area (Å²) in [4.78, 5) is 15.9.